The second-order valence-corrected chi connectivity index (χ2v) is 3.64. The first-order valence-corrected chi connectivity index (χ1v) is 5.30. The molecule has 106 valence electrons. The monoisotopic (exact) mass is 287 g/mol. The van der Waals surface area contributed by atoms with E-state index in [0.29, 0.717) is 0 Å². The first-order chi connectivity index (χ1) is 9.39. The predicted molar refractivity (Wildman–Crippen MR) is 60.0 cm³/mol. The molecule has 20 heavy (non-hydrogen) atoms. The molecule has 1 heterocycles. The van der Waals surface area contributed by atoms with E-state index < -0.39 is 18.1 Å². The van der Waals surface area contributed by atoms with Crippen LogP contribution in [0.1, 0.15) is 10.5 Å². The summed E-state index contributed by atoms with van der Waals surface area (Å²) in [7, 11) is 1.18. The van der Waals surface area contributed by atoms with Gasteiger partial charge in [0.05, 0.1) is 7.11 Å². The average molecular weight is 287 g/mol. The Hall–Kier alpha value is -2.51. The number of hydrogen-bond acceptors (Lipinski definition) is 5. The van der Waals surface area contributed by atoms with Gasteiger partial charge in [0.1, 0.15) is 5.75 Å². The second-order valence-electron chi connectivity index (χ2n) is 3.64. The highest BCUT2D eigenvalue weighted by Crippen LogP contribution is 2.28. The summed E-state index contributed by atoms with van der Waals surface area (Å²) in [6.45, 7) is 0. The van der Waals surface area contributed by atoms with Crippen molar-refractivity contribution in [2.45, 2.75) is 6.36 Å². The minimum Gasteiger partial charge on any atom is -0.464 e. The van der Waals surface area contributed by atoms with Crippen molar-refractivity contribution < 1.29 is 32.0 Å². The van der Waals surface area contributed by atoms with Crippen molar-refractivity contribution in [1.82, 2.24) is 5.16 Å². The fraction of sp³-hybridized carbons (Fsp3) is 0.167. The first kappa shape index (κ1) is 13.9. The van der Waals surface area contributed by atoms with E-state index in [1.165, 1.54) is 25.3 Å². The van der Waals surface area contributed by atoms with Crippen LogP contribution in [-0.2, 0) is 4.74 Å². The van der Waals surface area contributed by atoms with Crippen LogP contribution in [0.3, 0.4) is 0 Å². The smallest absolute Gasteiger partial charge is 0.464 e. The van der Waals surface area contributed by atoms with Crippen molar-refractivity contribution >= 4 is 5.97 Å². The van der Waals surface area contributed by atoms with Crippen LogP contribution in [0, 0.1) is 0 Å². The van der Waals surface area contributed by atoms with Crippen LogP contribution in [0.2, 0.25) is 0 Å². The summed E-state index contributed by atoms with van der Waals surface area (Å²) in [5, 5.41) is 3.46. The molecular formula is C12H8F3NO4. The Kier molecular flexibility index (Phi) is 3.64. The molecule has 0 N–H and O–H groups in total. The Balaban J connectivity index is 2.27. The van der Waals surface area contributed by atoms with Gasteiger partial charge in [-0.05, 0) is 12.1 Å². The Labute approximate surface area is 110 Å². The van der Waals surface area contributed by atoms with Crippen LogP contribution in [0.15, 0.2) is 34.9 Å². The SMILES string of the molecule is COC(=O)c1cc(-c2cccc(OC(F)(F)F)c2)on1. The van der Waals surface area contributed by atoms with Crippen molar-refractivity contribution in [1.29, 1.82) is 0 Å². The van der Waals surface area contributed by atoms with E-state index in [-0.39, 0.29) is 17.0 Å². The molecule has 0 amide bonds. The summed E-state index contributed by atoms with van der Waals surface area (Å²) in [6, 6.07) is 6.38. The Morgan fingerprint density at radius 2 is 2.05 bits per heavy atom. The van der Waals surface area contributed by atoms with Crippen LogP contribution in [0.5, 0.6) is 5.75 Å². The molecular weight excluding hydrogens is 279 g/mol. The normalized spacial score (nSPS) is 11.2. The van der Waals surface area contributed by atoms with Gasteiger partial charge in [-0.25, -0.2) is 4.79 Å². The number of benzene rings is 1. The summed E-state index contributed by atoms with van der Waals surface area (Å²) in [6.07, 6.45) is -4.78. The molecule has 0 aliphatic carbocycles. The van der Waals surface area contributed by atoms with Gasteiger partial charge in [0.2, 0.25) is 0 Å². The molecule has 0 saturated heterocycles. The summed E-state index contributed by atoms with van der Waals surface area (Å²) in [4.78, 5) is 11.2. The van der Waals surface area contributed by atoms with Crippen LogP contribution in [0.4, 0.5) is 13.2 Å². The third kappa shape index (κ3) is 3.28. The molecule has 0 spiro atoms. The standard InChI is InChI=1S/C12H8F3NO4/c1-18-11(17)9-6-10(20-16-9)7-3-2-4-8(5-7)19-12(13,14)15/h2-6H,1H3. The maximum absolute atomic E-state index is 12.1. The van der Waals surface area contributed by atoms with Crippen molar-refractivity contribution in [3.8, 4) is 17.1 Å². The molecule has 0 fully saturated rings. The lowest BCUT2D eigenvalue weighted by Gasteiger charge is -2.08. The number of aromatic nitrogens is 1. The highest BCUT2D eigenvalue weighted by atomic mass is 19.4. The van der Waals surface area contributed by atoms with Crippen LogP contribution < -0.4 is 4.74 Å². The summed E-state index contributed by atoms with van der Waals surface area (Å²) < 4.78 is 49.4. The highest BCUT2D eigenvalue weighted by Gasteiger charge is 2.31. The number of carbonyl (C=O) groups excluding carboxylic acids is 1. The number of halogens is 3. The minimum atomic E-state index is -4.78. The highest BCUT2D eigenvalue weighted by molar-refractivity contribution is 5.88. The lowest BCUT2D eigenvalue weighted by molar-refractivity contribution is -0.274. The number of alkyl halides is 3. The van der Waals surface area contributed by atoms with Crippen LogP contribution in [-0.4, -0.2) is 24.6 Å². The summed E-state index contributed by atoms with van der Waals surface area (Å²) in [5.74, 6) is -0.980. The molecule has 0 aliphatic rings. The molecule has 0 unspecified atom stereocenters. The molecule has 1 aromatic heterocycles. The molecule has 0 aliphatic heterocycles. The quantitative estimate of drug-likeness (QED) is 0.812. The zero-order valence-electron chi connectivity index (χ0n) is 10.1. The lowest BCUT2D eigenvalue weighted by Crippen LogP contribution is -2.17. The molecule has 1 aromatic carbocycles. The average Bonchev–Trinajstić information content (AvgIpc) is 2.85. The van der Waals surface area contributed by atoms with Crippen molar-refractivity contribution in [2.24, 2.45) is 0 Å². The molecule has 0 bridgehead atoms. The van der Waals surface area contributed by atoms with Gasteiger partial charge >= 0.3 is 12.3 Å². The molecule has 0 atom stereocenters. The third-order valence-corrected chi connectivity index (χ3v) is 2.26. The van der Waals surface area contributed by atoms with Gasteiger partial charge in [-0.3, -0.25) is 0 Å². The number of nitrogens with zero attached hydrogens (tertiary/aromatic N) is 1. The Morgan fingerprint density at radius 1 is 1.30 bits per heavy atom. The van der Waals surface area contributed by atoms with E-state index in [1.54, 1.807) is 0 Å². The number of hydrogen-bond donors (Lipinski definition) is 0. The first-order valence-electron chi connectivity index (χ1n) is 5.30. The van der Waals surface area contributed by atoms with Gasteiger partial charge in [-0.2, -0.15) is 0 Å². The van der Waals surface area contributed by atoms with Gasteiger partial charge in [0.15, 0.2) is 11.5 Å². The largest absolute Gasteiger partial charge is 0.573 e. The van der Waals surface area contributed by atoms with Gasteiger partial charge < -0.3 is 14.0 Å². The fourth-order valence-electron chi connectivity index (χ4n) is 1.46. The maximum atomic E-state index is 12.1. The maximum Gasteiger partial charge on any atom is 0.573 e. The number of rotatable bonds is 3. The topological polar surface area (TPSA) is 61.6 Å². The van der Waals surface area contributed by atoms with E-state index in [2.05, 4.69) is 14.6 Å². The Bertz CT molecular complexity index is 621. The zero-order chi connectivity index (χ0) is 14.8. The molecule has 0 radical (unpaired) electrons. The van der Waals surface area contributed by atoms with E-state index in [0.717, 1.165) is 12.1 Å². The minimum absolute atomic E-state index is 0.0790. The predicted octanol–water partition coefficient (Wildman–Crippen LogP) is 3.03. The third-order valence-electron chi connectivity index (χ3n) is 2.26. The van der Waals surface area contributed by atoms with Gasteiger partial charge in [-0.1, -0.05) is 17.3 Å². The zero-order valence-corrected chi connectivity index (χ0v) is 10.1. The fourth-order valence-corrected chi connectivity index (χ4v) is 1.46. The second kappa shape index (κ2) is 5.24. The van der Waals surface area contributed by atoms with E-state index in [4.69, 9.17) is 4.52 Å². The summed E-state index contributed by atoms with van der Waals surface area (Å²) >= 11 is 0. The number of ether oxygens (including phenoxy) is 2. The molecule has 8 heteroatoms. The van der Waals surface area contributed by atoms with Crippen LogP contribution in [0.25, 0.3) is 11.3 Å². The van der Waals surface area contributed by atoms with Crippen molar-refractivity contribution in [3.63, 3.8) is 0 Å². The van der Waals surface area contributed by atoms with E-state index >= 15 is 0 Å². The number of esters is 1. The van der Waals surface area contributed by atoms with E-state index in [1.807, 2.05) is 0 Å². The summed E-state index contributed by atoms with van der Waals surface area (Å²) in [5.41, 5.74) is 0.207. The van der Waals surface area contributed by atoms with Crippen LogP contribution >= 0.6 is 0 Å². The molecule has 5 nitrogen and oxygen atoms in total. The van der Waals surface area contributed by atoms with Crippen molar-refractivity contribution in [3.05, 3.63) is 36.0 Å². The lowest BCUT2D eigenvalue weighted by atomic mass is 10.1. The molecule has 2 rings (SSSR count). The molecule has 2 aromatic rings. The van der Waals surface area contributed by atoms with E-state index in [9.17, 15) is 18.0 Å². The van der Waals surface area contributed by atoms with Crippen molar-refractivity contribution in [2.75, 3.05) is 7.11 Å². The molecule has 0 saturated carbocycles. The number of carbonyl (C=O) groups is 1. The van der Waals surface area contributed by atoms with Gasteiger partial charge in [0, 0.05) is 11.6 Å². The van der Waals surface area contributed by atoms with Gasteiger partial charge in [-0.15, -0.1) is 13.2 Å². The number of methoxy groups -OCH3 is 1. The van der Waals surface area contributed by atoms with Gasteiger partial charge in [0.25, 0.3) is 0 Å². The Morgan fingerprint density at radius 3 is 2.70 bits per heavy atom.